The van der Waals surface area contributed by atoms with Gasteiger partial charge < -0.3 is 14.2 Å². The van der Waals surface area contributed by atoms with Gasteiger partial charge in [0.15, 0.2) is 11.5 Å². The van der Waals surface area contributed by atoms with Gasteiger partial charge in [-0.15, -0.1) is 0 Å². The Kier molecular flexibility index (Phi) is 4.69. The summed E-state index contributed by atoms with van der Waals surface area (Å²) in [7, 11) is 0. The van der Waals surface area contributed by atoms with Crippen molar-refractivity contribution in [1.82, 2.24) is 24.8 Å². The van der Waals surface area contributed by atoms with Crippen LogP contribution in [-0.2, 0) is 6.61 Å². The highest BCUT2D eigenvalue weighted by molar-refractivity contribution is 5.93. The summed E-state index contributed by atoms with van der Waals surface area (Å²) in [5, 5.41) is 7.97. The Hall–Kier alpha value is -3.42. The van der Waals surface area contributed by atoms with Crippen LogP contribution < -0.4 is 4.74 Å². The first-order chi connectivity index (χ1) is 13.2. The van der Waals surface area contributed by atoms with E-state index in [-0.39, 0.29) is 18.6 Å². The number of aromatic nitrogens is 4. The van der Waals surface area contributed by atoms with Crippen LogP contribution in [0.5, 0.6) is 5.75 Å². The topological polar surface area (TPSA) is 86.3 Å². The highest BCUT2D eigenvalue weighted by Gasteiger charge is 2.26. The highest BCUT2D eigenvalue weighted by Crippen LogP contribution is 2.19. The molecule has 2 aromatic heterocycles. The zero-order valence-corrected chi connectivity index (χ0v) is 14.9. The van der Waals surface area contributed by atoms with Gasteiger partial charge in [-0.2, -0.15) is 5.10 Å². The van der Waals surface area contributed by atoms with Gasteiger partial charge in [0.05, 0.1) is 11.7 Å². The number of amides is 1. The third-order valence-corrected chi connectivity index (χ3v) is 4.42. The summed E-state index contributed by atoms with van der Waals surface area (Å²) in [5.41, 5.74) is 1.19. The minimum Gasteiger partial charge on any atom is -0.486 e. The standard InChI is InChI=1S/C19H19N5O3/c1-2-14-4-3-9-23(14)19(25)18-10-17(27-22-18)11-26-16-7-5-15(6-8-16)24-13-20-12-21-24/h3-8,10,12-14H,2,9,11H2,1H3/t14-/m0/s1. The van der Waals surface area contributed by atoms with E-state index in [4.69, 9.17) is 9.26 Å². The van der Waals surface area contributed by atoms with Crippen LogP contribution in [0.2, 0.25) is 0 Å². The number of rotatable bonds is 6. The summed E-state index contributed by atoms with van der Waals surface area (Å²) in [6.45, 7) is 2.85. The third kappa shape index (κ3) is 3.59. The molecule has 0 radical (unpaired) electrons. The maximum atomic E-state index is 12.6. The molecule has 0 N–H and O–H groups in total. The van der Waals surface area contributed by atoms with Gasteiger partial charge in [0, 0.05) is 12.6 Å². The van der Waals surface area contributed by atoms with Gasteiger partial charge in [-0.05, 0) is 30.7 Å². The molecule has 8 heteroatoms. The maximum Gasteiger partial charge on any atom is 0.276 e. The molecule has 0 saturated carbocycles. The van der Waals surface area contributed by atoms with E-state index in [0.29, 0.717) is 23.7 Å². The van der Waals surface area contributed by atoms with Gasteiger partial charge in [-0.3, -0.25) is 4.79 Å². The average Bonchev–Trinajstić information content (AvgIpc) is 3.47. The molecule has 27 heavy (non-hydrogen) atoms. The van der Waals surface area contributed by atoms with Crippen LogP contribution in [0.25, 0.3) is 5.69 Å². The molecular formula is C19H19N5O3. The second-order valence-corrected chi connectivity index (χ2v) is 6.16. The molecule has 0 saturated heterocycles. The van der Waals surface area contributed by atoms with Crippen LogP contribution >= 0.6 is 0 Å². The van der Waals surface area contributed by atoms with E-state index >= 15 is 0 Å². The predicted molar refractivity (Wildman–Crippen MR) is 96.4 cm³/mol. The van der Waals surface area contributed by atoms with Crippen LogP contribution in [0.3, 0.4) is 0 Å². The fraction of sp³-hybridized carbons (Fsp3) is 0.263. The third-order valence-electron chi connectivity index (χ3n) is 4.42. The fourth-order valence-corrected chi connectivity index (χ4v) is 2.98. The molecule has 0 spiro atoms. The molecule has 138 valence electrons. The Labute approximate surface area is 156 Å². The minimum atomic E-state index is -0.126. The number of hydrogen-bond donors (Lipinski definition) is 0. The summed E-state index contributed by atoms with van der Waals surface area (Å²) in [6.07, 6.45) is 8.03. The molecule has 0 fully saturated rings. The summed E-state index contributed by atoms with van der Waals surface area (Å²) in [5.74, 6) is 1.05. The molecule has 4 rings (SSSR count). The molecule has 8 nitrogen and oxygen atoms in total. The van der Waals surface area contributed by atoms with Gasteiger partial charge in [-0.1, -0.05) is 24.2 Å². The van der Waals surface area contributed by atoms with Crippen molar-refractivity contribution in [1.29, 1.82) is 0 Å². The summed E-state index contributed by atoms with van der Waals surface area (Å²) in [6, 6.07) is 9.19. The highest BCUT2D eigenvalue weighted by atomic mass is 16.5. The van der Waals surface area contributed by atoms with E-state index in [1.165, 1.54) is 6.33 Å². The Morgan fingerprint density at radius 3 is 2.93 bits per heavy atom. The molecule has 3 aromatic rings. The monoisotopic (exact) mass is 365 g/mol. The number of benzene rings is 1. The molecule has 1 aliphatic heterocycles. The van der Waals surface area contributed by atoms with Crippen molar-refractivity contribution in [2.45, 2.75) is 26.0 Å². The Bertz CT molecular complexity index is 931. The SMILES string of the molecule is CC[C@H]1C=CCN1C(=O)c1cc(COc2ccc(-n3cncn3)cc2)on1. The van der Waals surface area contributed by atoms with Crippen LogP contribution in [0.15, 0.2) is 59.7 Å². The molecule has 1 atom stereocenters. The molecule has 0 aliphatic carbocycles. The molecule has 1 aliphatic rings. The predicted octanol–water partition coefficient (Wildman–Crippen LogP) is 2.62. The van der Waals surface area contributed by atoms with Gasteiger partial charge in [0.1, 0.15) is 25.0 Å². The van der Waals surface area contributed by atoms with Crippen molar-refractivity contribution in [2.24, 2.45) is 0 Å². The Morgan fingerprint density at radius 2 is 2.19 bits per heavy atom. The lowest BCUT2D eigenvalue weighted by atomic mass is 10.2. The van der Waals surface area contributed by atoms with Crippen molar-refractivity contribution in [3.8, 4) is 11.4 Å². The van der Waals surface area contributed by atoms with Gasteiger partial charge in [-0.25, -0.2) is 9.67 Å². The number of carbonyl (C=O) groups excluding carboxylic acids is 1. The van der Waals surface area contributed by atoms with E-state index in [1.807, 2.05) is 36.4 Å². The Morgan fingerprint density at radius 1 is 1.33 bits per heavy atom. The zero-order chi connectivity index (χ0) is 18.6. The smallest absolute Gasteiger partial charge is 0.276 e. The van der Waals surface area contributed by atoms with Crippen molar-refractivity contribution >= 4 is 5.91 Å². The quantitative estimate of drug-likeness (QED) is 0.624. The molecule has 3 heterocycles. The van der Waals surface area contributed by atoms with Crippen molar-refractivity contribution in [2.75, 3.05) is 6.54 Å². The van der Waals surface area contributed by atoms with E-state index in [1.54, 1.807) is 22.0 Å². The number of hydrogen-bond acceptors (Lipinski definition) is 6. The normalized spacial score (nSPS) is 16.0. The van der Waals surface area contributed by atoms with Gasteiger partial charge in [0.25, 0.3) is 5.91 Å². The number of carbonyl (C=O) groups is 1. The average molecular weight is 365 g/mol. The lowest BCUT2D eigenvalue weighted by Gasteiger charge is -2.22. The summed E-state index contributed by atoms with van der Waals surface area (Å²) < 4.78 is 12.6. The van der Waals surface area contributed by atoms with Crippen LogP contribution in [0.1, 0.15) is 29.6 Å². The van der Waals surface area contributed by atoms with Crippen LogP contribution in [0.4, 0.5) is 0 Å². The molecule has 0 unspecified atom stereocenters. The minimum absolute atomic E-state index is 0.123. The zero-order valence-electron chi connectivity index (χ0n) is 14.9. The van der Waals surface area contributed by atoms with E-state index in [0.717, 1.165) is 12.1 Å². The van der Waals surface area contributed by atoms with Crippen molar-refractivity contribution in [3.63, 3.8) is 0 Å². The molecular weight excluding hydrogens is 346 g/mol. The summed E-state index contributed by atoms with van der Waals surface area (Å²) >= 11 is 0. The van der Waals surface area contributed by atoms with Crippen molar-refractivity contribution < 1.29 is 14.1 Å². The van der Waals surface area contributed by atoms with E-state index in [9.17, 15) is 4.79 Å². The van der Waals surface area contributed by atoms with E-state index < -0.39 is 0 Å². The first kappa shape index (κ1) is 17.0. The second-order valence-electron chi connectivity index (χ2n) is 6.16. The van der Waals surface area contributed by atoms with Gasteiger partial charge >= 0.3 is 0 Å². The van der Waals surface area contributed by atoms with Crippen LogP contribution in [0, 0.1) is 0 Å². The summed E-state index contributed by atoms with van der Waals surface area (Å²) in [4.78, 5) is 18.3. The second kappa shape index (κ2) is 7.45. The fourth-order valence-electron chi connectivity index (χ4n) is 2.98. The number of nitrogens with zero attached hydrogens (tertiary/aromatic N) is 5. The van der Waals surface area contributed by atoms with Gasteiger partial charge in [0.2, 0.25) is 0 Å². The Balaban J connectivity index is 1.36. The van der Waals surface area contributed by atoms with E-state index in [2.05, 4.69) is 22.2 Å². The lowest BCUT2D eigenvalue weighted by Crippen LogP contribution is -2.35. The largest absolute Gasteiger partial charge is 0.486 e. The molecule has 0 bridgehead atoms. The first-order valence-electron chi connectivity index (χ1n) is 8.75. The molecule has 1 amide bonds. The number of ether oxygens (including phenoxy) is 1. The first-order valence-corrected chi connectivity index (χ1v) is 8.75. The van der Waals surface area contributed by atoms with Crippen LogP contribution in [-0.4, -0.2) is 43.3 Å². The molecule has 1 aromatic carbocycles. The lowest BCUT2D eigenvalue weighted by molar-refractivity contribution is 0.0737. The van der Waals surface area contributed by atoms with Crippen molar-refractivity contribution in [3.05, 3.63) is 66.6 Å². The maximum absolute atomic E-state index is 12.6.